The van der Waals surface area contributed by atoms with Crippen LogP contribution in [0.4, 0.5) is 10.8 Å². The Morgan fingerprint density at radius 1 is 1.14 bits per heavy atom. The van der Waals surface area contributed by atoms with Crippen LogP contribution in [0.15, 0.2) is 33.0 Å². The lowest BCUT2D eigenvalue weighted by Crippen LogP contribution is -2.21. The molecule has 0 spiro atoms. The predicted molar refractivity (Wildman–Crippen MR) is 106 cm³/mol. The first-order valence-corrected chi connectivity index (χ1v) is 10.8. The molecule has 9 nitrogen and oxygen atoms in total. The number of thioether (sulfide) groups is 1. The average Bonchev–Trinajstić information content (AvgIpc) is 3.37. The van der Waals surface area contributed by atoms with Crippen molar-refractivity contribution in [3.05, 3.63) is 40.3 Å². The molecule has 146 valence electrons. The third kappa shape index (κ3) is 4.65. The molecule has 1 N–H and O–H groups in total. The van der Waals surface area contributed by atoms with Gasteiger partial charge < -0.3 is 9.73 Å². The summed E-state index contributed by atoms with van der Waals surface area (Å²) < 4.78 is 6.49. The summed E-state index contributed by atoms with van der Waals surface area (Å²) in [7, 11) is 0. The standard InChI is InChI=1S/C17H18N6O3S2/c24-23(25)13-8-6-11(7-9-13)15-20-19-14(26-15)10-27-17-22-21-16(28-17)18-12-4-2-1-3-5-12/h6-9,12H,1-5,10H2,(H,18,21). The van der Waals surface area contributed by atoms with Crippen molar-refractivity contribution in [2.75, 3.05) is 5.32 Å². The average molecular weight is 419 g/mol. The molecule has 1 saturated carbocycles. The van der Waals surface area contributed by atoms with Gasteiger partial charge in [0, 0.05) is 23.7 Å². The van der Waals surface area contributed by atoms with Crippen LogP contribution in [0, 0.1) is 10.1 Å². The maximum atomic E-state index is 10.7. The summed E-state index contributed by atoms with van der Waals surface area (Å²) in [5.74, 6) is 1.29. The van der Waals surface area contributed by atoms with E-state index in [0.29, 0.717) is 29.1 Å². The van der Waals surface area contributed by atoms with Gasteiger partial charge in [0.1, 0.15) is 0 Å². The number of hydrogen-bond donors (Lipinski definition) is 1. The van der Waals surface area contributed by atoms with E-state index in [0.717, 1.165) is 9.47 Å². The van der Waals surface area contributed by atoms with Gasteiger partial charge in [-0.15, -0.1) is 20.4 Å². The topological polar surface area (TPSA) is 120 Å². The molecule has 0 aliphatic heterocycles. The number of benzene rings is 1. The van der Waals surface area contributed by atoms with Gasteiger partial charge in [-0.05, 0) is 25.0 Å². The van der Waals surface area contributed by atoms with Crippen LogP contribution >= 0.6 is 23.1 Å². The van der Waals surface area contributed by atoms with Gasteiger partial charge in [-0.3, -0.25) is 10.1 Å². The summed E-state index contributed by atoms with van der Waals surface area (Å²) in [6.07, 6.45) is 6.24. The molecule has 0 atom stereocenters. The number of non-ortho nitro benzene ring substituents is 1. The van der Waals surface area contributed by atoms with E-state index in [-0.39, 0.29) is 5.69 Å². The van der Waals surface area contributed by atoms with Gasteiger partial charge in [-0.2, -0.15) is 0 Å². The molecule has 0 amide bonds. The highest BCUT2D eigenvalue weighted by Gasteiger charge is 2.16. The largest absolute Gasteiger partial charge is 0.420 e. The molecule has 0 saturated heterocycles. The summed E-state index contributed by atoms with van der Waals surface area (Å²) in [5.41, 5.74) is 0.664. The van der Waals surface area contributed by atoms with Gasteiger partial charge in [0.25, 0.3) is 5.69 Å². The van der Waals surface area contributed by atoms with E-state index in [9.17, 15) is 10.1 Å². The summed E-state index contributed by atoms with van der Waals surface area (Å²) in [6.45, 7) is 0. The number of nitrogens with zero attached hydrogens (tertiary/aromatic N) is 5. The lowest BCUT2D eigenvalue weighted by atomic mass is 9.96. The molecule has 11 heteroatoms. The fourth-order valence-electron chi connectivity index (χ4n) is 3.03. The van der Waals surface area contributed by atoms with Crippen LogP contribution in [0.1, 0.15) is 38.0 Å². The highest BCUT2D eigenvalue weighted by molar-refractivity contribution is 8.00. The van der Waals surface area contributed by atoms with E-state index in [1.165, 1.54) is 67.3 Å². The van der Waals surface area contributed by atoms with Crippen molar-refractivity contribution in [2.45, 2.75) is 48.2 Å². The number of aromatic nitrogens is 4. The fraction of sp³-hybridized carbons (Fsp3) is 0.412. The number of rotatable bonds is 7. The molecule has 0 unspecified atom stereocenters. The Bertz CT molecular complexity index is 937. The van der Waals surface area contributed by atoms with Crippen LogP contribution in [0.2, 0.25) is 0 Å². The molecule has 1 aliphatic carbocycles. The van der Waals surface area contributed by atoms with E-state index in [2.05, 4.69) is 25.7 Å². The van der Waals surface area contributed by atoms with Crippen molar-refractivity contribution >= 4 is 33.9 Å². The van der Waals surface area contributed by atoms with Gasteiger partial charge in [0.05, 0.1) is 10.7 Å². The lowest BCUT2D eigenvalue weighted by Gasteiger charge is -2.21. The van der Waals surface area contributed by atoms with Crippen LogP contribution in [0.3, 0.4) is 0 Å². The minimum atomic E-state index is -0.445. The second-order valence-electron chi connectivity index (χ2n) is 6.45. The van der Waals surface area contributed by atoms with E-state index >= 15 is 0 Å². The first-order chi connectivity index (χ1) is 13.7. The normalized spacial score (nSPS) is 14.9. The van der Waals surface area contributed by atoms with Crippen LogP contribution in [0.25, 0.3) is 11.5 Å². The molecule has 1 fully saturated rings. The Balaban J connectivity index is 1.32. The monoisotopic (exact) mass is 418 g/mol. The molecule has 1 aromatic carbocycles. The smallest absolute Gasteiger partial charge is 0.269 e. The van der Waals surface area contributed by atoms with Crippen molar-refractivity contribution < 1.29 is 9.34 Å². The van der Waals surface area contributed by atoms with Crippen LogP contribution in [0.5, 0.6) is 0 Å². The van der Waals surface area contributed by atoms with E-state index in [1.807, 2.05) is 0 Å². The molecule has 0 bridgehead atoms. The zero-order valence-corrected chi connectivity index (χ0v) is 16.5. The highest BCUT2D eigenvalue weighted by Crippen LogP contribution is 2.30. The van der Waals surface area contributed by atoms with Crippen molar-refractivity contribution in [3.63, 3.8) is 0 Å². The van der Waals surface area contributed by atoms with Gasteiger partial charge in [-0.25, -0.2) is 0 Å². The van der Waals surface area contributed by atoms with Crippen molar-refractivity contribution in [1.29, 1.82) is 0 Å². The minimum absolute atomic E-state index is 0.0213. The Kier molecular flexibility index (Phi) is 5.81. The lowest BCUT2D eigenvalue weighted by molar-refractivity contribution is -0.384. The zero-order chi connectivity index (χ0) is 19.3. The molecule has 1 aliphatic rings. The van der Waals surface area contributed by atoms with Crippen LogP contribution in [-0.2, 0) is 5.75 Å². The van der Waals surface area contributed by atoms with Gasteiger partial charge >= 0.3 is 0 Å². The SMILES string of the molecule is O=[N+]([O-])c1ccc(-c2nnc(CSc3nnc(NC4CCCCC4)s3)o2)cc1. The summed E-state index contributed by atoms with van der Waals surface area (Å²) in [6, 6.07) is 6.51. The Hall–Kier alpha value is -2.53. The molecule has 2 aromatic heterocycles. The number of nitro benzene ring substituents is 1. The predicted octanol–water partition coefficient (Wildman–Crippen LogP) is 4.53. The molecule has 0 radical (unpaired) electrons. The first kappa shape index (κ1) is 18.8. The highest BCUT2D eigenvalue weighted by atomic mass is 32.2. The third-order valence-electron chi connectivity index (χ3n) is 4.45. The molecule has 28 heavy (non-hydrogen) atoms. The van der Waals surface area contributed by atoms with Crippen LogP contribution in [-0.4, -0.2) is 31.4 Å². The number of nitro groups is 1. The molecular formula is C17H18N6O3S2. The number of hydrogen-bond acceptors (Lipinski definition) is 10. The Morgan fingerprint density at radius 3 is 2.68 bits per heavy atom. The summed E-state index contributed by atoms with van der Waals surface area (Å²) >= 11 is 3.02. The van der Waals surface area contributed by atoms with Crippen molar-refractivity contribution in [1.82, 2.24) is 20.4 Å². The van der Waals surface area contributed by atoms with Gasteiger partial charge in [0.15, 0.2) is 4.34 Å². The molecule has 2 heterocycles. The van der Waals surface area contributed by atoms with E-state index in [4.69, 9.17) is 4.42 Å². The minimum Gasteiger partial charge on any atom is -0.420 e. The summed E-state index contributed by atoms with van der Waals surface area (Å²) in [4.78, 5) is 10.3. The van der Waals surface area contributed by atoms with Crippen molar-refractivity contribution in [3.8, 4) is 11.5 Å². The molecule has 3 aromatic rings. The fourth-order valence-corrected chi connectivity index (χ4v) is 4.69. The summed E-state index contributed by atoms with van der Waals surface area (Å²) in [5, 5.41) is 31.5. The van der Waals surface area contributed by atoms with Crippen molar-refractivity contribution in [2.24, 2.45) is 0 Å². The Morgan fingerprint density at radius 2 is 1.93 bits per heavy atom. The third-order valence-corrected chi connectivity index (χ3v) is 6.42. The molecular weight excluding hydrogens is 400 g/mol. The van der Waals surface area contributed by atoms with E-state index in [1.54, 1.807) is 12.1 Å². The first-order valence-electron chi connectivity index (χ1n) is 8.97. The van der Waals surface area contributed by atoms with E-state index < -0.39 is 4.92 Å². The second kappa shape index (κ2) is 8.65. The zero-order valence-electron chi connectivity index (χ0n) is 14.9. The van der Waals surface area contributed by atoms with Gasteiger partial charge in [-0.1, -0.05) is 42.4 Å². The quantitative estimate of drug-likeness (QED) is 0.335. The number of nitrogens with one attached hydrogen (secondary N) is 1. The maximum absolute atomic E-state index is 10.7. The Labute approximate surface area is 169 Å². The van der Waals surface area contributed by atoms with Crippen LogP contribution < -0.4 is 5.32 Å². The number of anilines is 1. The molecule has 4 rings (SSSR count). The van der Waals surface area contributed by atoms with Gasteiger partial charge in [0.2, 0.25) is 16.9 Å². The second-order valence-corrected chi connectivity index (χ2v) is 8.65. The maximum Gasteiger partial charge on any atom is 0.269 e.